The summed E-state index contributed by atoms with van der Waals surface area (Å²) >= 11 is 0. The van der Waals surface area contributed by atoms with E-state index in [-0.39, 0.29) is 43.2 Å². The van der Waals surface area contributed by atoms with Crippen LogP contribution < -0.4 is 14.0 Å². The summed E-state index contributed by atoms with van der Waals surface area (Å²) in [6.45, 7) is 0. The van der Waals surface area contributed by atoms with Crippen molar-refractivity contribution in [3.8, 4) is 0 Å². The zero-order valence-corrected chi connectivity index (χ0v) is 5.77. The molecule has 0 aliphatic heterocycles. The first-order valence-electron chi connectivity index (χ1n) is 0.463. The molecular weight excluding hydrogens is 140 g/mol. The Hall–Kier alpha value is 1.39. The van der Waals surface area contributed by atoms with Gasteiger partial charge in [0.25, 0.3) is 0 Å². The number of hydrogen-bond donors (Lipinski definition) is 0. The van der Waals surface area contributed by atoms with Gasteiger partial charge in [-0.25, -0.2) is 0 Å². The molecule has 0 spiro atoms. The minimum absolute atomic E-state index is 0. The maximum absolute atomic E-state index is 8.41. The second kappa shape index (κ2) is 9.63. The maximum atomic E-state index is 8.41. The Morgan fingerprint density at radius 2 is 1.00 bits per heavy atom. The van der Waals surface area contributed by atoms with E-state index in [0.717, 1.165) is 0 Å². The smallest absolute Gasteiger partial charge is 0.412 e. The Morgan fingerprint density at radius 1 is 1.00 bits per heavy atom. The molecule has 4 nitrogen and oxygen atoms in total. The summed E-state index contributed by atoms with van der Waals surface area (Å²) in [6.07, 6.45) is 0. The van der Waals surface area contributed by atoms with Crippen LogP contribution in [-0.4, -0.2) is 43.2 Å². The van der Waals surface area contributed by atoms with E-state index in [2.05, 4.69) is 0 Å². The van der Waals surface area contributed by atoms with E-state index >= 15 is 0 Å². The van der Waals surface area contributed by atoms with Crippen molar-refractivity contribution >= 4 is 37.7 Å². The van der Waals surface area contributed by atoms with Crippen LogP contribution in [-0.2, 0) is 0 Å². The van der Waals surface area contributed by atoms with Crippen LogP contribution in [0.15, 0.2) is 0 Å². The van der Waals surface area contributed by atoms with Gasteiger partial charge < -0.3 is 19.5 Å². The Balaban J connectivity index is -0.0000000450. The molecule has 0 saturated heterocycles. The normalized spacial score (nSPS) is 6.00. The molecule has 2 N–H and O–H groups in total. The predicted octanol–water partition coefficient (Wildman–Crippen LogP) is -4.77. The maximum Gasteiger partial charge on any atom is 2.00 e. The molecule has 0 aromatic heterocycles. The molecule has 0 aromatic rings. The molecule has 0 aliphatic rings. The molecule has 34 valence electrons. The van der Waals surface area contributed by atoms with Crippen LogP contribution in [0.1, 0.15) is 0 Å². The average Bonchev–Trinajstić information content (AvgIpc) is 0.811. The van der Waals surface area contributed by atoms with E-state index in [1.54, 1.807) is 0 Å². The molecule has 0 aliphatic carbocycles. The number of halogens is 1. The van der Waals surface area contributed by atoms with E-state index in [1.165, 1.54) is 0 Å². The molecule has 6 heteroatoms. The Labute approximate surface area is 67.5 Å². The molecule has 0 aromatic carbocycles. The standard InChI is InChI=1S/Ca.ClO3.H2O/c;2-1(3)4;/h;;1H2/q+2;-1;. The van der Waals surface area contributed by atoms with Crippen LogP contribution in [0.2, 0.25) is 0 Å². The molecule has 0 bridgehead atoms. The Bertz CT molecular complexity index is 12.3. The quantitative estimate of drug-likeness (QED) is 0.317. The van der Waals surface area contributed by atoms with Gasteiger partial charge >= 0.3 is 37.7 Å². The molecule has 6 heavy (non-hydrogen) atoms. The summed E-state index contributed by atoms with van der Waals surface area (Å²) in [5.41, 5.74) is 0. The van der Waals surface area contributed by atoms with E-state index in [4.69, 9.17) is 14.0 Å². The van der Waals surface area contributed by atoms with Gasteiger partial charge in [0.2, 0.25) is 0 Å². The van der Waals surface area contributed by atoms with E-state index in [1.807, 2.05) is 0 Å². The van der Waals surface area contributed by atoms with Gasteiger partial charge in [-0.2, -0.15) is 0 Å². The summed E-state index contributed by atoms with van der Waals surface area (Å²) in [5.74, 6) is 0. The second-order valence-electron chi connectivity index (χ2n) is 0.189. The number of hydrogen-bond acceptors (Lipinski definition) is 3. The molecule has 0 radical (unpaired) electrons. The molecule has 0 atom stereocenters. The monoisotopic (exact) mass is 141 g/mol. The zero-order chi connectivity index (χ0) is 3.58. The van der Waals surface area contributed by atoms with Gasteiger partial charge in [-0.1, -0.05) is 0 Å². The van der Waals surface area contributed by atoms with Crippen LogP contribution >= 0.6 is 0 Å². The minimum atomic E-state index is -2.85. The van der Waals surface area contributed by atoms with Crippen LogP contribution in [0.25, 0.3) is 0 Å². The van der Waals surface area contributed by atoms with Crippen LogP contribution in [0.3, 0.4) is 0 Å². The van der Waals surface area contributed by atoms with Gasteiger partial charge in [0.15, 0.2) is 0 Å². The summed E-state index contributed by atoms with van der Waals surface area (Å²) in [7, 11) is -2.85. The SMILES string of the molecule is O.[Ca+2].[O-][Cl+2]([O-])[O-]. The minimum Gasteiger partial charge on any atom is -0.412 e. The van der Waals surface area contributed by atoms with Crippen molar-refractivity contribution in [1.29, 1.82) is 0 Å². The molecule has 0 unspecified atom stereocenters. The van der Waals surface area contributed by atoms with Gasteiger partial charge in [-0.05, 0) is 0 Å². The first-order valence-corrected chi connectivity index (χ1v) is 1.39. The summed E-state index contributed by atoms with van der Waals surface area (Å²) in [6, 6.07) is 0. The molecule has 0 fully saturated rings. The van der Waals surface area contributed by atoms with Crippen molar-refractivity contribution < 1.29 is 30.2 Å². The van der Waals surface area contributed by atoms with Gasteiger partial charge in [0, 0.05) is 0 Å². The van der Waals surface area contributed by atoms with Gasteiger partial charge in [-0.3, -0.25) is 0 Å². The molecule has 0 rings (SSSR count). The number of rotatable bonds is 0. The Kier molecular flexibility index (Phi) is 25.1. The fraction of sp³-hybridized carbons (Fsp3) is 0. The first kappa shape index (κ1) is 15.7. The van der Waals surface area contributed by atoms with Crippen molar-refractivity contribution in [3.05, 3.63) is 0 Å². The first-order chi connectivity index (χ1) is 1.73. The molecule has 0 saturated carbocycles. The van der Waals surface area contributed by atoms with Crippen molar-refractivity contribution in [3.63, 3.8) is 0 Å². The third-order valence-electron chi connectivity index (χ3n) is 0. The van der Waals surface area contributed by atoms with Crippen LogP contribution in [0, 0.1) is 10.8 Å². The fourth-order valence-corrected chi connectivity index (χ4v) is 0. The molecular formula is H2CaClO4+. The zero-order valence-electron chi connectivity index (χ0n) is 2.81. The van der Waals surface area contributed by atoms with E-state index in [0.29, 0.717) is 0 Å². The van der Waals surface area contributed by atoms with Gasteiger partial charge in [-0.15, -0.1) is 0 Å². The van der Waals surface area contributed by atoms with Crippen molar-refractivity contribution in [2.24, 2.45) is 0 Å². The summed E-state index contributed by atoms with van der Waals surface area (Å²) < 4.78 is 25.2. The topological polar surface area (TPSA) is 101 Å². The van der Waals surface area contributed by atoms with Crippen LogP contribution in [0.5, 0.6) is 0 Å². The largest absolute Gasteiger partial charge is 2.00 e. The molecule has 0 amide bonds. The van der Waals surface area contributed by atoms with Crippen molar-refractivity contribution in [1.82, 2.24) is 0 Å². The molecule has 0 heterocycles. The van der Waals surface area contributed by atoms with Crippen molar-refractivity contribution in [2.45, 2.75) is 0 Å². The predicted molar refractivity (Wildman–Crippen MR) is 9.37 cm³/mol. The van der Waals surface area contributed by atoms with E-state index < -0.39 is 10.8 Å². The van der Waals surface area contributed by atoms with Gasteiger partial charge in [0.05, 0.1) is 10.8 Å². The van der Waals surface area contributed by atoms with Crippen LogP contribution in [0.4, 0.5) is 0 Å². The van der Waals surface area contributed by atoms with E-state index in [9.17, 15) is 0 Å². The third-order valence-corrected chi connectivity index (χ3v) is 0. The Morgan fingerprint density at radius 3 is 1.00 bits per heavy atom. The second-order valence-corrected chi connectivity index (χ2v) is 0.567. The summed E-state index contributed by atoms with van der Waals surface area (Å²) in [4.78, 5) is 0. The fourth-order valence-electron chi connectivity index (χ4n) is 0. The summed E-state index contributed by atoms with van der Waals surface area (Å²) in [5, 5.41) is 0. The van der Waals surface area contributed by atoms with Crippen molar-refractivity contribution in [2.75, 3.05) is 0 Å². The van der Waals surface area contributed by atoms with Gasteiger partial charge in [0.1, 0.15) is 0 Å². The third kappa shape index (κ3) is 53.8. The average molecular weight is 142 g/mol.